The molecule has 6 nitrogen and oxygen atoms in total. The molecular weight excluding hydrogens is 290 g/mol. The third-order valence-corrected chi connectivity index (χ3v) is 5.04. The Balaban J connectivity index is 1.84. The van der Waals surface area contributed by atoms with Gasteiger partial charge in [-0.3, -0.25) is 14.4 Å². The molecule has 2 fully saturated rings. The van der Waals surface area contributed by atoms with E-state index in [1.165, 1.54) is 0 Å². The van der Waals surface area contributed by atoms with Gasteiger partial charge >= 0.3 is 4.87 Å². The molecule has 2 N–H and O–H groups in total. The topological polar surface area (TPSA) is 82.3 Å². The lowest BCUT2D eigenvalue weighted by Gasteiger charge is -2.38. The average Bonchev–Trinajstić information content (AvgIpc) is 2.84. The van der Waals surface area contributed by atoms with Gasteiger partial charge in [-0.25, -0.2) is 0 Å². The van der Waals surface area contributed by atoms with E-state index in [2.05, 4.69) is 10.3 Å². The van der Waals surface area contributed by atoms with Crippen LogP contribution < -0.4 is 10.2 Å². The molecule has 1 aromatic rings. The highest BCUT2D eigenvalue weighted by Gasteiger charge is 2.45. The smallest absolute Gasteiger partial charge is 0.304 e. The molecule has 21 heavy (non-hydrogen) atoms. The van der Waals surface area contributed by atoms with E-state index in [-0.39, 0.29) is 16.7 Å². The Morgan fingerprint density at radius 2 is 1.95 bits per heavy atom. The van der Waals surface area contributed by atoms with Gasteiger partial charge in [0.2, 0.25) is 11.8 Å². The maximum absolute atomic E-state index is 12.9. The van der Waals surface area contributed by atoms with Crippen LogP contribution in [0, 0.1) is 0 Å². The summed E-state index contributed by atoms with van der Waals surface area (Å²) in [6, 6.07) is 0. The first kappa shape index (κ1) is 14.3. The molecule has 0 atom stereocenters. The summed E-state index contributed by atoms with van der Waals surface area (Å²) in [5, 5.41) is 4.70. The number of carbonyl (C=O) groups is 2. The summed E-state index contributed by atoms with van der Waals surface area (Å²) in [4.78, 5) is 40.4. The predicted octanol–water partition coefficient (Wildman–Crippen LogP) is 0.988. The van der Waals surface area contributed by atoms with Crippen LogP contribution >= 0.6 is 11.3 Å². The Labute approximate surface area is 126 Å². The molecule has 2 amide bonds. The number of H-pyrrole nitrogens is 1. The first-order valence-electron chi connectivity index (χ1n) is 7.36. The Kier molecular flexibility index (Phi) is 3.84. The van der Waals surface area contributed by atoms with Crippen LogP contribution in [0.25, 0.3) is 0 Å². The fourth-order valence-electron chi connectivity index (χ4n) is 3.27. The number of rotatable bonds is 2. The molecule has 7 heteroatoms. The summed E-state index contributed by atoms with van der Waals surface area (Å²) in [6.45, 7) is 0.776. The van der Waals surface area contributed by atoms with Gasteiger partial charge < -0.3 is 15.2 Å². The number of thiazole rings is 1. The van der Waals surface area contributed by atoms with Crippen molar-refractivity contribution in [1.29, 1.82) is 0 Å². The largest absolute Gasteiger partial charge is 0.342 e. The van der Waals surface area contributed by atoms with E-state index in [0.29, 0.717) is 32.4 Å². The van der Waals surface area contributed by atoms with Gasteiger partial charge in [-0.2, -0.15) is 0 Å². The molecular formula is C14H19N3O3S. The van der Waals surface area contributed by atoms with Gasteiger partial charge in [-0.1, -0.05) is 30.6 Å². The third kappa shape index (κ3) is 2.88. The number of hydrogen-bond acceptors (Lipinski definition) is 4. The van der Waals surface area contributed by atoms with Crippen molar-refractivity contribution in [3.63, 3.8) is 0 Å². The van der Waals surface area contributed by atoms with Crippen LogP contribution in [0.4, 0.5) is 0 Å². The van der Waals surface area contributed by atoms with Crippen LogP contribution in [0.2, 0.25) is 0 Å². The van der Waals surface area contributed by atoms with Crippen molar-refractivity contribution in [2.45, 2.75) is 50.6 Å². The third-order valence-electron chi connectivity index (χ3n) is 4.32. The number of nitrogens with one attached hydrogen (secondary N) is 2. The molecule has 1 aliphatic heterocycles. The summed E-state index contributed by atoms with van der Waals surface area (Å²) in [6.07, 6.45) is 4.80. The van der Waals surface area contributed by atoms with Crippen molar-refractivity contribution < 1.29 is 9.59 Å². The van der Waals surface area contributed by atoms with Gasteiger partial charge in [0.05, 0.1) is 6.54 Å². The molecule has 0 unspecified atom stereocenters. The van der Waals surface area contributed by atoms with Crippen LogP contribution in [0.1, 0.15) is 44.2 Å². The number of aromatic amines is 1. The quantitative estimate of drug-likeness (QED) is 0.854. The van der Waals surface area contributed by atoms with Crippen molar-refractivity contribution in [3.8, 4) is 0 Å². The molecule has 3 rings (SSSR count). The van der Waals surface area contributed by atoms with Crippen LogP contribution in [-0.4, -0.2) is 33.8 Å². The number of carbonyl (C=O) groups excluding carboxylic acids is 2. The number of nitrogens with zero attached hydrogens (tertiary/aromatic N) is 1. The minimum absolute atomic E-state index is 0.0000916. The highest BCUT2D eigenvalue weighted by molar-refractivity contribution is 7.07. The maximum Gasteiger partial charge on any atom is 0.304 e. The fourth-order valence-corrected chi connectivity index (χ4v) is 3.84. The molecule has 2 aliphatic rings. The number of hydrogen-bond donors (Lipinski definition) is 2. The van der Waals surface area contributed by atoms with Gasteiger partial charge in [-0.15, -0.1) is 0 Å². The Morgan fingerprint density at radius 1 is 1.19 bits per heavy atom. The predicted molar refractivity (Wildman–Crippen MR) is 78.9 cm³/mol. The molecule has 0 aromatic carbocycles. The summed E-state index contributed by atoms with van der Waals surface area (Å²) in [5.74, 6) is -0.0494. The van der Waals surface area contributed by atoms with Gasteiger partial charge in [0, 0.05) is 24.0 Å². The van der Waals surface area contributed by atoms with E-state index >= 15 is 0 Å². The van der Waals surface area contributed by atoms with Crippen LogP contribution in [0.5, 0.6) is 0 Å². The standard InChI is InChI=1S/C14H19N3O3S/c18-11-4-7-17(8-10-9-21-13(20)15-10)12(19)14(16-11)5-2-1-3-6-14/h9H,1-8H2,(H,15,20)(H,16,18). The van der Waals surface area contributed by atoms with E-state index in [1.54, 1.807) is 10.3 Å². The van der Waals surface area contributed by atoms with Crippen molar-refractivity contribution in [1.82, 2.24) is 15.2 Å². The second-order valence-corrected chi connectivity index (χ2v) is 6.68. The average molecular weight is 309 g/mol. The highest BCUT2D eigenvalue weighted by Crippen LogP contribution is 2.32. The molecule has 0 bridgehead atoms. The zero-order chi connectivity index (χ0) is 14.9. The first-order chi connectivity index (χ1) is 10.1. The van der Waals surface area contributed by atoms with E-state index < -0.39 is 5.54 Å². The van der Waals surface area contributed by atoms with Crippen molar-refractivity contribution in [3.05, 3.63) is 20.7 Å². The molecule has 1 spiro atoms. The molecule has 0 radical (unpaired) electrons. The van der Waals surface area contributed by atoms with Crippen molar-refractivity contribution in [2.75, 3.05) is 6.54 Å². The van der Waals surface area contributed by atoms with E-state index in [0.717, 1.165) is 36.3 Å². The highest BCUT2D eigenvalue weighted by atomic mass is 32.1. The van der Waals surface area contributed by atoms with Crippen molar-refractivity contribution in [2.24, 2.45) is 0 Å². The fraction of sp³-hybridized carbons (Fsp3) is 0.643. The summed E-state index contributed by atoms with van der Waals surface area (Å²) >= 11 is 1.10. The lowest BCUT2D eigenvalue weighted by Crippen LogP contribution is -2.58. The monoisotopic (exact) mass is 309 g/mol. The summed E-state index contributed by atoms with van der Waals surface area (Å²) in [5.41, 5.74) is 0.0148. The Hall–Kier alpha value is -1.63. The van der Waals surface area contributed by atoms with E-state index in [4.69, 9.17) is 0 Å². The number of aromatic nitrogens is 1. The van der Waals surface area contributed by atoms with E-state index in [1.807, 2.05) is 0 Å². The Bertz CT molecular complexity index is 601. The molecule has 1 aromatic heterocycles. The van der Waals surface area contributed by atoms with E-state index in [9.17, 15) is 14.4 Å². The molecule has 1 saturated carbocycles. The van der Waals surface area contributed by atoms with Gasteiger partial charge in [0.1, 0.15) is 5.54 Å². The molecule has 114 valence electrons. The lowest BCUT2D eigenvalue weighted by atomic mass is 9.80. The summed E-state index contributed by atoms with van der Waals surface area (Å²) < 4.78 is 0. The minimum Gasteiger partial charge on any atom is -0.342 e. The van der Waals surface area contributed by atoms with Crippen molar-refractivity contribution >= 4 is 23.2 Å². The van der Waals surface area contributed by atoms with Crippen LogP contribution in [-0.2, 0) is 16.1 Å². The van der Waals surface area contributed by atoms with Crippen LogP contribution in [0.3, 0.4) is 0 Å². The maximum atomic E-state index is 12.9. The molecule has 1 aliphatic carbocycles. The van der Waals surface area contributed by atoms with Gasteiger partial charge in [0.15, 0.2) is 0 Å². The second kappa shape index (κ2) is 5.63. The van der Waals surface area contributed by atoms with Gasteiger partial charge in [-0.05, 0) is 12.8 Å². The minimum atomic E-state index is -0.720. The first-order valence-corrected chi connectivity index (χ1v) is 8.24. The second-order valence-electron chi connectivity index (χ2n) is 5.84. The molecule has 1 saturated heterocycles. The number of amides is 2. The zero-order valence-corrected chi connectivity index (χ0v) is 12.6. The SMILES string of the molecule is O=C1CCN(Cc2csc(=O)[nH]2)C(=O)C2(CCCCC2)N1. The van der Waals surface area contributed by atoms with Crippen LogP contribution in [0.15, 0.2) is 10.2 Å². The zero-order valence-electron chi connectivity index (χ0n) is 11.8. The molecule has 2 heterocycles. The Morgan fingerprint density at radius 3 is 2.62 bits per heavy atom. The summed E-state index contributed by atoms with van der Waals surface area (Å²) in [7, 11) is 0. The van der Waals surface area contributed by atoms with Gasteiger partial charge in [0.25, 0.3) is 0 Å². The normalized spacial score (nSPS) is 22.2. The lowest BCUT2D eigenvalue weighted by molar-refractivity contribution is -0.140.